The standard InChI is InChI=1S/C22H17N3OS/c26-21(19-8-4-5-13-23-19)25-22-24-20(15-27-22)18-11-9-17(10-12-18)14-16-6-2-1-3-7-16/h1-13,15H,14H2,(H,24,25,26). The molecule has 27 heavy (non-hydrogen) atoms. The van der Waals surface area contributed by atoms with Gasteiger partial charge >= 0.3 is 0 Å². The van der Waals surface area contributed by atoms with Crippen LogP contribution in [0.1, 0.15) is 21.6 Å². The Hall–Kier alpha value is -3.31. The molecule has 0 aliphatic carbocycles. The largest absolute Gasteiger partial charge is 0.296 e. The highest BCUT2D eigenvalue weighted by Gasteiger charge is 2.10. The number of hydrogen-bond donors (Lipinski definition) is 1. The molecule has 0 saturated heterocycles. The monoisotopic (exact) mass is 371 g/mol. The van der Waals surface area contributed by atoms with Crippen LogP contribution in [0.25, 0.3) is 11.3 Å². The van der Waals surface area contributed by atoms with Gasteiger partial charge in [0.2, 0.25) is 0 Å². The molecule has 0 aliphatic rings. The zero-order valence-electron chi connectivity index (χ0n) is 14.5. The van der Waals surface area contributed by atoms with Crippen LogP contribution in [0.5, 0.6) is 0 Å². The van der Waals surface area contributed by atoms with E-state index in [4.69, 9.17) is 0 Å². The van der Waals surface area contributed by atoms with Crippen molar-refractivity contribution in [1.29, 1.82) is 0 Å². The Morgan fingerprint density at radius 2 is 1.63 bits per heavy atom. The van der Waals surface area contributed by atoms with E-state index in [9.17, 15) is 4.79 Å². The van der Waals surface area contributed by atoms with Crippen LogP contribution in [0.3, 0.4) is 0 Å². The Labute approximate surface area is 161 Å². The molecule has 132 valence electrons. The third kappa shape index (κ3) is 4.27. The quantitative estimate of drug-likeness (QED) is 0.534. The van der Waals surface area contributed by atoms with Crippen molar-refractivity contribution >= 4 is 22.4 Å². The summed E-state index contributed by atoms with van der Waals surface area (Å²) < 4.78 is 0. The van der Waals surface area contributed by atoms with Crippen molar-refractivity contribution < 1.29 is 4.79 Å². The highest BCUT2D eigenvalue weighted by atomic mass is 32.1. The molecule has 5 heteroatoms. The number of anilines is 1. The van der Waals surface area contributed by atoms with Gasteiger partial charge in [-0.15, -0.1) is 11.3 Å². The average molecular weight is 371 g/mol. The lowest BCUT2D eigenvalue weighted by Crippen LogP contribution is -2.13. The molecule has 0 saturated carbocycles. The van der Waals surface area contributed by atoms with E-state index in [1.165, 1.54) is 22.5 Å². The predicted octanol–water partition coefficient (Wildman–Crippen LogP) is 5.05. The Kier molecular flexibility index (Phi) is 5.03. The summed E-state index contributed by atoms with van der Waals surface area (Å²) in [5.74, 6) is -0.255. The number of hydrogen-bond acceptors (Lipinski definition) is 4. The van der Waals surface area contributed by atoms with Gasteiger partial charge < -0.3 is 0 Å². The van der Waals surface area contributed by atoms with E-state index in [-0.39, 0.29) is 5.91 Å². The van der Waals surface area contributed by atoms with E-state index in [1.54, 1.807) is 24.4 Å². The van der Waals surface area contributed by atoms with Gasteiger partial charge in [-0.25, -0.2) is 4.98 Å². The Morgan fingerprint density at radius 3 is 2.37 bits per heavy atom. The molecule has 0 unspecified atom stereocenters. The van der Waals surface area contributed by atoms with Gasteiger partial charge in [-0.2, -0.15) is 0 Å². The van der Waals surface area contributed by atoms with Crippen LogP contribution in [0.15, 0.2) is 84.4 Å². The Balaban J connectivity index is 1.44. The molecule has 0 atom stereocenters. The van der Waals surface area contributed by atoms with Crippen LogP contribution in [0, 0.1) is 0 Å². The number of thiazole rings is 1. The first-order chi connectivity index (χ1) is 13.3. The maximum Gasteiger partial charge on any atom is 0.276 e. The molecule has 0 aliphatic heterocycles. The third-order valence-corrected chi connectivity index (χ3v) is 4.88. The minimum absolute atomic E-state index is 0.255. The van der Waals surface area contributed by atoms with Crippen molar-refractivity contribution in [2.24, 2.45) is 0 Å². The van der Waals surface area contributed by atoms with E-state index in [0.29, 0.717) is 10.8 Å². The van der Waals surface area contributed by atoms with Gasteiger partial charge in [-0.05, 0) is 29.7 Å². The third-order valence-electron chi connectivity index (χ3n) is 4.12. The van der Waals surface area contributed by atoms with Gasteiger partial charge in [-0.1, -0.05) is 60.7 Å². The summed E-state index contributed by atoms with van der Waals surface area (Å²) in [7, 11) is 0. The number of nitrogens with one attached hydrogen (secondary N) is 1. The molecule has 1 N–H and O–H groups in total. The molecule has 4 rings (SSSR count). The fourth-order valence-electron chi connectivity index (χ4n) is 2.75. The number of nitrogens with zero attached hydrogens (tertiary/aromatic N) is 2. The molecule has 2 heterocycles. The highest BCUT2D eigenvalue weighted by molar-refractivity contribution is 7.14. The molecular formula is C22H17N3OS. The van der Waals surface area contributed by atoms with Gasteiger partial charge in [0.1, 0.15) is 5.69 Å². The number of aromatic nitrogens is 2. The molecule has 4 nitrogen and oxygen atoms in total. The summed E-state index contributed by atoms with van der Waals surface area (Å²) in [6.07, 6.45) is 2.50. The normalized spacial score (nSPS) is 10.5. The average Bonchev–Trinajstić information content (AvgIpc) is 3.18. The minimum Gasteiger partial charge on any atom is -0.296 e. The molecular weight excluding hydrogens is 354 g/mol. The summed E-state index contributed by atoms with van der Waals surface area (Å²) in [6, 6.07) is 24.0. The molecule has 4 aromatic rings. The van der Waals surface area contributed by atoms with Gasteiger partial charge in [0.05, 0.1) is 5.69 Å². The van der Waals surface area contributed by atoms with E-state index in [1.807, 2.05) is 11.4 Å². The van der Waals surface area contributed by atoms with Gasteiger partial charge in [0.15, 0.2) is 5.13 Å². The topological polar surface area (TPSA) is 54.9 Å². The number of amides is 1. The second-order valence-corrected chi connectivity index (χ2v) is 6.92. The summed E-state index contributed by atoms with van der Waals surface area (Å²) in [5.41, 5.74) is 4.80. The summed E-state index contributed by atoms with van der Waals surface area (Å²) in [6.45, 7) is 0. The number of benzene rings is 2. The van der Waals surface area contributed by atoms with Crippen LogP contribution in [-0.4, -0.2) is 15.9 Å². The fourth-order valence-corrected chi connectivity index (χ4v) is 3.46. The van der Waals surface area contributed by atoms with E-state index in [0.717, 1.165) is 17.7 Å². The van der Waals surface area contributed by atoms with E-state index in [2.05, 4.69) is 63.8 Å². The lowest BCUT2D eigenvalue weighted by atomic mass is 10.0. The van der Waals surface area contributed by atoms with E-state index >= 15 is 0 Å². The van der Waals surface area contributed by atoms with Gasteiger partial charge in [-0.3, -0.25) is 15.1 Å². The molecule has 0 spiro atoms. The number of carbonyl (C=O) groups is 1. The SMILES string of the molecule is O=C(Nc1nc(-c2ccc(Cc3ccccc3)cc2)cs1)c1ccccn1. The summed E-state index contributed by atoms with van der Waals surface area (Å²) in [5, 5.41) is 5.31. The molecule has 2 aromatic carbocycles. The maximum atomic E-state index is 12.2. The Bertz CT molecular complexity index is 1030. The number of rotatable bonds is 5. The molecule has 2 aromatic heterocycles. The minimum atomic E-state index is -0.255. The summed E-state index contributed by atoms with van der Waals surface area (Å²) >= 11 is 1.40. The molecule has 0 bridgehead atoms. The van der Waals surface area contributed by atoms with Crippen molar-refractivity contribution in [2.45, 2.75) is 6.42 Å². The second-order valence-electron chi connectivity index (χ2n) is 6.07. The molecule has 1 amide bonds. The van der Waals surface area contributed by atoms with Crippen LogP contribution < -0.4 is 5.32 Å². The van der Waals surface area contributed by atoms with Crippen LogP contribution in [-0.2, 0) is 6.42 Å². The zero-order chi connectivity index (χ0) is 18.5. The zero-order valence-corrected chi connectivity index (χ0v) is 15.3. The van der Waals surface area contributed by atoms with Crippen molar-refractivity contribution in [1.82, 2.24) is 9.97 Å². The van der Waals surface area contributed by atoms with Crippen molar-refractivity contribution in [2.75, 3.05) is 5.32 Å². The predicted molar refractivity (Wildman–Crippen MR) is 109 cm³/mol. The lowest BCUT2D eigenvalue weighted by Gasteiger charge is -2.03. The highest BCUT2D eigenvalue weighted by Crippen LogP contribution is 2.26. The first-order valence-electron chi connectivity index (χ1n) is 8.59. The van der Waals surface area contributed by atoms with Crippen LogP contribution in [0.2, 0.25) is 0 Å². The summed E-state index contributed by atoms with van der Waals surface area (Å²) in [4.78, 5) is 20.7. The van der Waals surface area contributed by atoms with Crippen molar-refractivity contribution in [3.05, 3.63) is 101 Å². The number of pyridine rings is 1. The van der Waals surface area contributed by atoms with Crippen LogP contribution in [0.4, 0.5) is 5.13 Å². The van der Waals surface area contributed by atoms with Crippen LogP contribution >= 0.6 is 11.3 Å². The smallest absolute Gasteiger partial charge is 0.276 e. The molecule has 0 fully saturated rings. The second kappa shape index (κ2) is 7.93. The first kappa shape index (κ1) is 17.1. The van der Waals surface area contributed by atoms with Crippen molar-refractivity contribution in [3.8, 4) is 11.3 Å². The van der Waals surface area contributed by atoms with Gasteiger partial charge in [0, 0.05) is 17.1 Å². The number of carbonyl (C=O) groups excluding carboxylic acids is 1. The first-order valence-corrected chi connectivity index (χ1v) is 9.47. The fraction of sp³-hybridized carbons (Fsp3) is 0.0455. The lowest BCUT2D eigenvalue weighted by molar-refractivity contribution is 0.102. The Morgan fingerprint density at radius 1 is 0.889 bits per heavy atom. The van der Waals surface area contributed by atoms with Gasteiger partial charge in [0.25, 0.3) is 5.91 Å². The van der Waals surface area contributed by atoms with E-state index < -0.39 is 0 Å². The van der Waals surface area contributed by atoms with Crippen molar-refractivity contribution in [3.63, 3.8) is 0 Å². The maximum absolute atomic E-state index is 12.2. The molecule has 0 radical (unpaired) electrons.